The Bertz CT molecular complexity index is 1760. The van der Waals surface area contributed by atoms with Gasteiger partial charge in [0, 0.05) is 74.0 Å². The topological polar surface area (TPSA) is 114 Å². The summed E-state index contributed by atoms with van der Waals surface area (Å²) < 4.78 is 22.5. The highest BCUT2D eigenvalue weighted by Crippen LogP contribution is 2.30. The minimum Gasteiger partial charge on any atom is -0.381 e. The van der Waals surface area contributed by atoms with Crippen molar-refractivity contribution in [3.63, 3.8) is 0 Å². The Morgan fingerprint density at radius 3 is 2.58 bits per heavy atom. The van der Waals surface area contributed by atoms with E-state index in [0.29, 0.717) is 48.7 Å². The summed E-state index contributed by atoms with van der Waals surface area (Å²) in [5, 5.41) is 7.14. The Hall–Kier alpha value is -4.22. The van der Waals surface area contributed by atoms with Crippen molar-refractivity contribution in [2.75, 3.05) is 36.5 Å². The highest BCUT2D eigenvalue weighted by atomic mass is 19.1. The number of hydrogen-bond donors (Lipinski definition) is 2. The Kier molecular flexibility index (Phi) is 8.91. The van der Waals surface area contributed by atoms with Gasteiger partial charge >= 0.3 is 0 Å². The normalized spacial score (nSPS) is 19.3. The van der Waals surface area contributed by atoms with Crippen molar-refractivity contribution in [3.05, 3.63) is 81.8 Å². The number of anilines is 3. The van der Waals surface area contributed by atoms with Gasteiger partial charge in [-0.25, -0.2) is 9.37 Å². The average Bonchev–Trinajstić information content (AvgIpc) is 3.02. The maximum absolute atomic E-state index is 15.3. The van der Waals surface area contributed by atoms with Crippen LogP contribution in [-0.2, 0) is 11.3 Å². The fourth-order valence-electron chi connectivity index (χ4n) is 6.49. The second-order valence-corrected chi connectivity index (χ2v) is 12.6. The maximum Gasteiger partial charge on any atom is 0.263 e. The number of nitrogens with one attached hydrogen (secondary N) is 2. The van der Waals surface area contributed by atoms with E-state index in [1.165, 1.54) is 10.6 Å². The van der Waals surface area contributed by atoms with Crippen molar-refractivity contribution in [1.82, 2.24) is 24.8 Å². The summed E-state index contributed by atoms with van der Waals surface area (Å²) in [6.07, 6.45) is 6.92. The number of fused-ring (bicyclic) bond motifs is 1. The van der Waals surface area contributed by atoms with Gasteiger partial charge in [0.05, 0.1) is 17.8 Å². The smallest absolute Gasteiger partial charge is 0.263 e. The SMILES string of the molecule is CC(C)C(=O)c1cc2cnc(Nc3ccc(N4C[C@@H](C)N[C@@H](C)C4)c(F)c3)nc2n(Cc2cnccc2C2CCOCC2)c1=O. The van der Waals surface area contributed by atoms with Gasteiger partial charge in [0.2, 0.25) is 5.95 Å². The quantitative estimate of drug-likeness (QED) is 0.264. The van der Waals surface area contributed by atoms with Crippen molar-refractivity contribution < 1.29 is 13.9 Å². The molecule has 3 aromatic heterocycles. The molecular weight excluding hydrogens is 573 g/mol. The van der Waals surface area contributed by atoms with Gasteiger partial charge in [-0.05, 0) is 74.1 Å². The van der Waals surface area contributed by atoms with Crippen LogP contribution in [0.4, 0.5) is 21.7 Å². The van der Waals surface area contributed by atoms with E-state index in [1.54, 1.807) is 50.6 Å². The fraction of sp³-hybridized carbons (Fsp3) is 0.441. The lowest BCUT2D eigenvalue weighted by Crippen LogP contribution is -2.54. The molecule has 0 aliphatic carbocycles. The number of pyridine rings is 2. The first-order chi connectivity index (χ1) is 21.7. The average molecular weight is 614 g/mol. The third-order valence-corrected chi connectivity index (χ3v) is 8.65. The van der Waals surface area contributed by atoms with Gasteiger partial charge in [-0.15, -0.1) is 0 Å². The number of halogens is 1. The lowest BCUT2D eigenvalue weighted by atomic mass is 9.89. The highest BCUT2D eigenvalue weighted by molar-refractivity contribution is 5.99. The standard InChI is InChI=1S/C34H40FN7O3/c1-20(2)31(43)28-13-24-16-37-34(39-26-5-6-30(29(35)14-26)41-17-21(3)38-22(4)18-41)40-32(24)42(33(28)44)19-25-15-36-10-7-27(25)23-8-11-45-12-9-23/h5-7,10,13-16,20-23,38H,8-9,11-12,17-19H2,1-4H3,(H,37,39,40)/t21-,22+. The predicted molar refractivity (Wildman–Crippen MR) is 173 cm³/mol. The zero-order valence-corrected chi connectivity index (χ0v) is 26.2. The van der Waals surface area contributed by atoms with Gasteiger partial charge in [-0.1, -0.05) is 13.8 Å². The second-order valence-electron chi connectivity index (χ2n) is 12.6. The molecule has 0 spiro atoms. The summed E-state index contributed by atoms with van der Waals surface area (Å²) in [5.74, 6) is -0.430. The Morgan fingerprint density at radius 1 is 1.11 bits per heavy atom. The monoisotopic (exact) mass is 613 g/mol. The first-order valence-corrected chi connectivity index (χ1v) is 15.7. The molecule has 0 radical (unpaired) electrons. The van der Waals surface area contributed by atoms with E-state index >= 15 is 4.39 Å². The molecule has 0 bridgehead atoms. The summed E-state index contributed by atoms with van der Waals surface area (Å²) in [6, 6.07) is 9.10. The molecule has 2 aliphatic rings. The molecule has 0 saturated carbocycles. The number of ether oxygens (including phenoxy) is 1. The number of Topliss-reactive ketones (excluding diaryl/α,β-unsaturated/α-hetero) is 1. The summed E-state index contributed by atoms with van der Waals surface area (Å²) in [7, 11) is 0. The Balaban J connectivity index is 1.36. The van der Waals surface area contributed by atoms with Gasteiger partial charge in [0.25, 0.3) is 5.56 Å². The first-order valence-electron chi connectivity index (χ1n) is 15.7. The molecule has 5 heterocycles. The molecule has 6 rings (SSSR count). The van der Waals surface area contributed by atoms with Gasteiger partial charge < -0.3 is 20.3 Å². The van der Waals surface area contributed by atoms with E-state index < -0.39 is 5.56 Å². The molecule has 4 aromatic rings. The van der Waals surface area contributed by atoms with Crippen LogP contribution in [0.2, 0.25) is 0 Å². The molecule has 1 aromatic carbocycles. The lowest BCUT2D eigenvalue weighted by molar-refractivity contribution is 0.0851. The second kappa shape index (κ2) is 13.0. The number of nitrogens with zero attached hydrogens (tertiary/aromatic N) is 5. The molecule has 236 valence electrons. The molecule has 2 N–H and O–H groups in total. The molecule has 45 heavy (non-hydrogen) atoms. The zero-order valence-electron chi connectivity index (χ0n) is 26.2. The molecule has 2 saturated heterocycles. The fourth-order valence-corrected chi connectivity index (χ4v) is 6.49. The van der Waals surface area contributed by atoms with Crippen LogP contribution in [-0.4, -0.2) is 63.7 Å². The molecule has 11 heteroatoms. The van der Waals surface area contributed by atoms with Crippen LogP contribution in [0.1, 0.15) is 67.9 Å². The summed E-state index contributed by atoms with van der Waals surface area (Å²) >= 11 is 0. The Morgan fingerprint density at radius 2 is 1.87 bits per heavy atom. The minimum absolute atomic E-state index is 0.104. The third-order valence-electron chi connectivity index (χ3n) is 8.65. The maximum atomic E-state index is 15.3. The number of aromatic nitrogens is 4. The van der Waals surface area contributed by atoms with E-state index in [0.717, 1.165) is 24.0 Å². The summed E-state index contributed by atoms with van der Waals surface area (Å²) in [4.78, 5) is 42.6. The van der Waals surface area contributed by atoms with E-state index in [-0.39, 0.29) is 53.6 Å². The highest BCUT2D eigenvalue weighted by Gasteiger charge is 2.25. The molecule has 2 aliphatic heterocycles. The Labute approximate surface area is 262 Å². The van der Waals surface area contributed by atoms with Crippen molar-refractivity contribution >= 4 is 34.1 Å². The lowest BCUT2D eigenvalue weighted by Gasteiger charge is -2.37. The van der Waals surface area contributed by atoms with Crippen LogP contribution < -0.4 is 21.1 Å². The van der Waals surface area contributed by atoms with E-state index in [1.807, 2.05) is 6.07 Å². The van der Waals surface area contributed by atoms with Crippen LogP contribution in [0.15, 0.2) is 53.7 Å². The summed E-state index contributed by atoms with van der Waals surface area (Å²) in [5.41, 5.74) is 3.11. The number of hydrogen-bond acceptors (Lipinski definition) is 9. The molecule has 2 atom stereocenters. The number of piperazine rings is 1. The van der Waals surface area contributed by atoms with Crippen molar-refractivity contribution in [2.24, 2.45) is 5.92 Å². The van der Waals surface area contributed by atoms with Crippen molar-refractivity contribution in [2.45, 2.75) is 65.1 Å². The molecule has 0 unspecified atom stereocenters. The number of carbonyl (C=O) groups is 1. The molecule has 0 amide bonds. The van der Waals surface area contributed by atoms with Gasteiger partial charge in [-0.2, -0.15) is 4.98 Å². The predicted octanol–water partition coefficient (Wildman–Crippen LogP) is 5.04. The number of rotatable bonds is 8. The van der Waals surface area contributed by atoms with Gasteiger partial charge in [0.15, 0.2) is 5.78 Å². The van der Waals surface area contributed by atoms with E-state index in [2.05, 4.69) is 39.3 Å². The van der Waals surface area contributed by atoms with Crippen LogP contribution in [0, 0.1) is 11.7 Å². The van der Waals surface area contributed by atoms with Crippen LogP contribution in [0.25, 0.3) is 11.0 Å². The largest absolute Gasteiger partial charge is 0.381 e. The van der Waals surface area contributed by atoms with Gasteiger partial charge in [0.1, 0.15) is 11.5 Å². The van der Waals surface area contributed by atoms with E-state index in [9.17, 15) is 9.59 Å². The molecular formula is C34H40FN7O3. The zero-order chi connectivity index (χ0) is 31.7. The number of benzene rings is 1. The van der Waals surface area contributed by atoms with Gasteiger partial charge in [-0.3, -0.25) is 19.1 Å². The van der Waals surface area contributed by atoms with E-state index in [4.69, 9.17) is 9.72 Å². The van der Waals surface area contributed by atoms with Crippen molar-refractivity contribution in [1.29, 1.82) is 0 Å². The van der Waals surface area contributed by atoms with Crippen LogP contribution in [0.5, 0.6) is 0 Å². The van der Waals surface area contributed by atoms with Crippen LogP contribution in [0.3, 0.4) is 0 Å². The van der Waals surface area contributed by atoms with Crippen LogP contribution >= 0.6 is 0 Å². The first kappa shape index (κ1) is 30.8. The van der Waals surface area contributed by atoms with Crippen molar-refractivity contribution in [3.8, 4) is 0 Å². The molecule has 10 nitrogen and oxygen atoms in total. The molecule has 2 fully saturated rings. The number of ketones is 1. The number of carbonyl (C=O) groups excluding carboxylic acids is 1. The third kappa shape index (κ3) is 6.60. The summed E-state index contributed by atoms with van der Waals surface area (Å²) in [6.45, 7) is 10.7. The minimum atomic E-state index is -0.414.